The van der Waals surface area contributed by atoms with E-state index in [1.807, 2.05) is 48.6 Å². The fourth-order valence-corrected chi connectivity index (χ4v) is 3.14. The SMILES string of the molecule is COc1ccccc1CC(=O)N1CCC[C@H]1c1cnn(C)c1. The molecule has 0 N–H and O–H groups in total. The maximum atomic E-state index is 12.7. The number of benzene rings is 1. The van der Waals surface area contributed by atoms with E-state index in [-0.39, 0.29) is 11.9 Å². The van der Waals surface area contributed by atoms with E-state index in [0.29, 0.717) is 6.42 Å². The number of hydrogen-bond acceptors (Lipinski definition) is 3. The van der Waals surface area contributed by atoms with E-state index in [9.17, 15) is 4.79 Å². The molecular weight excluding hydrogens is 278 g/mol. The molecule has 0 saturated carbocycles. The molecule has 2 heterocycles. The second-order valence-corrected chi connectivity index (χ2v) is 5.68. The summed E-state index contributed by atoms with van der Waals surface area (Å²) in [5, 5.41) is 4.23. The van der Waals surface area contributed by atoms with Gasteiger partial charge in [0.05, 0.1) is 25.8 Å². The Morgan fingerprint density at radius 2 is 2.23 bits per heavy atom. The van der Waals surface area contributed by atoms with Crippen LogP contribution in [0.1, 0.15) is 30.0 Å². The van der Waals surface area contributed by atoms with Crippen LogP contribution in [-0.2, 0) is 18.3 Å². The zero-order chi connectivity index (χ0) is 15.5. The predicted molar refractivity (Wildman–Crippen MR) is 83.6 cm³/mol. The van der Waals surface area contributed by atoms with Gasteiger partial charge in [-0.3, -0.25) is 9.48 Å². The number of carbonyl (C=O) groups is 1. The highest BCUT2D eigenvalue weighted by Gasteiger charge is 2.30. The number of ether oxygens (including phenoxy) is 1. The first-order valence-corrected chi connectivity index (χ1v) is 7.59. The fraction of sp³-hybridized carbons (Fsp3) is 0.412. The molecule has 1 fully saturated rings. The Bertz CT molecular complexity index is 665. The van der Waals surface area contributed by atoms with Gasteiger partial charge in [-0.05, 0) is 18.9 Å². The third-order valence-electron chi connectivity index (χ3n) is 4.22. The average Bonchev–Trinajstić information content (AvgIpc) is 3.16. The number of amides is 1. The third-order valence-corrected chi connectivity index (χ3v) is 4.22. The molecule has 0 spiro atoms. The standard InChI is InChI=1S/C17H21N3O2/c1-19-12-14(11-18-19)15-7-5-9-20(15)17(21)10-13-6-3-4-8-16(13)22-2/h3-4,6,8,11-12,15H,5,7,9-10H2,1-2H3/t15-/m0/s1. The first-order valence-electron chi connectivity index (χ1n) is 7.59. The molecule has 0 aliphatic carbocycles. The summed E-state index contributed by atoms with van der Waals surface area (Å²) in [4.78, 5) is 14.7. The topological polar surface area (TPSA) is 47.4 Å². The number of hydrogen-bond donors (Lipinski definition) is 0. The van der Waals surface area contributed by atoms with Gasteiger partial charge in [-0.1, -0.05) is 18.2 Å². The van der Waals surface area contributed by atoms with Gasteiger partial charge >= 0.3 is 0 Å². The Balaban J connectivity index is 1.76. The molecule has 1 aliphatic heterocycles. The summed E-state index contributed by atoms with van der Waals surface area (Å²) in [6.45, 7) is 0.813. The van der Waals surface area contributed by atoms with E-state index in [1.54, 1.807) is 11.8 Å². The molecule has 1 aliphatic rings. The Hall–Kier alpha value is -2.30. The Morgan fingerprint density at radius 3 is 2.95 bits per heavy atom. The number of methoxy groups -OCH3 is 1. The summed E-state index contributed by atoms with van der Waals surface area (Å²) < 4.78 is 7.13. The molecule has 1 saturated heterocycles. The number of carbonyl (C=O) groups excluding carboxylic acids is 1. The molecule has 1 aromatic carbocycles. The van der Waals surface area contributed by atoms with Gasteiger partial charge in [-0.15, -0.1) is 0 Å². The van der Waals surface area contributed by atoms with Crippen molar-refractivity contribution in [3.63, 3.8) is 0 Å². The third kappa shape index (κ3) is 2.84. The van der Waals surface area contributed by atoms with Gasteiger partial charge in [0.1, 0.15) is 5.75 Å². The zero-order valence-corrected chi connectivity index (χ0v) is 13.0. The van der Waals surface area contributed by atoms with Crippen molar-refractivity contribution in [1.82, 2.24) is 14.7 Å². The van der Waals surface area contributed by atoms with Gasteiger partial charge in [-0.25, -0.2) is 0 Å². The van der Waals surface area contributed by atoms with Crippen LogP contribution in [0.5, 0.6) is 5.75 Å². The average molecular weight is 299 g/mol. The first-order chi connectivity index (χ1) is 10.7. The van der Waals surface area contributed by atoms with Crippen LogP contribution >= 0.6 is 0 Å². The van der Waals surface area contributed by atoms with Gasteiger partial charge in [-0.2, -0.15) is 5.10 Å². The summed E-state index contributed by atoms with van der Waals surface area (Å²) in [6.07, 6.45) is 6.28. The molecule has 116 valence electrons. The van der Waals surface area contributed by atoms with Crippen LogP contribution in [0.25, 0.3) is 0 Å². The Kier molecular flexibility index (Phi) is 4.13. The summed E-state index contributed by atoms with van der Waals surface area (Å²) >= 11 is 0. The van der Waals surface area contributed by atoms with E-state index in [4.69, 9.17) is 4.74 Å². The molecule has 0 unspecified atom stereocenters. The second kappa shape index (κ2) is 6.22. The lowest BCUT2D eigenvalue weighted by atomic mass is 10.1. The van der Waals surface area contributed by atoms with Crippen LogP contribution in [0.15, 0.2) is 36.7 Å². The summed E-state index contributed by atoms with van der Waals surface area (Å²) in [5.74, 6) is 0.920. The van der Waals surface area contributed by atoms with Gasteiger partial charge in [0.2, 0.25) is 5.91 Å². The molecule has 0 bridgehead atoms. The van der Waals surface area contributed by atoms with E-state index in [2.05, 4.69) is 5.10 Å². The molecule has 3 rings (SSSR count). The Morgan fingerprint density at radius 1 is 1.41 bits per heavy atom. The van der Waals surface area contributed by atoms with Crippen molar-refractivity contribution < 1.29 is 9.53 Å². The predicted octanol–water partition coefficient (Wildman–Crippen LogP) is 2.33. The van der Waals surface area contributed by atoms with Crippen molar-refractivity contribution in [3.05, 3.63) is 47.8 Å². The first kappa shape index (κ1) is 14.6. The van der Waals surface area contributed by atoms with Gasteiger partial charge in [0.25, 0.3) is 0 Å². The van der Waals surface area contributed by atoms with Crippen molar-refractivity contribution in [2.45, 2.75) is 25.3 Å². The van der Waals surface area contributed by atoms with Crippen LogP contribution < -0.4 is 4.74 Å². The molecule has 1 aromatic heterocycles. The van der Waals surface area contributed by atoms with E-state index in [0.717, 1.165) is 36.3 Å². The normalized spacial score (nSPS) is 17.7. The quantitative estimate of drug-likeness (QED) is 0.870. The molecular formula is C17H21N3O2. The van der Waals surface area contributed by atoms with Gasteiger partial charge < -0.3 is 9.64 Å². The smallest absolute Gasteiger partial charge is 0.227 e. The van der Waals surface area contributed by atoms with Crippen LogP contribution in [0.2, 0.25) is 0 Å². The lowest BCUT2D eigenvalue weighted by molar-refractivity contribution is -0.131. The van der Waals surface area contributed by atoms with Crippen molar-refractivity contribution >= 4 is 5.91 Å². The number of aromatic nitrogens is 2. The highest BCUT2D eigenvalue weighted by atomic mass is 16.5. The summed E-state index contributed by atoms with van der Waals surface area (Å²) in [7, 11) is 3.54. The minimum absolute atomic E-state index is 0.149. The molecule has 0 radical (unpaired) electrons. The van der Waals surface area contributed by atoms with Gasteiger partial charge in [0.15, 0.2) is 0 Å². The van der Waals surface area contributed by atoms with Crippen molar-refractivity contribution in [3.8, 4) is 5.75 Å². The lowest BCUT2D eigenvalue weighted by Gasteiger charge is -2.24. The number of aryl methyl sites for hydroxylation is 1. The van der Waals surface area contributed by atoms with Crippen LogP contribution in [0.3, 0.4) is 0 Å². The van der Waals surface area contributed by atoms with Crippen LogP contribution in [0, 0.1) is 0 Å². The van der Waals surface area contributed by atoms with Crippen molar-refractivity contribution in [2.24, 2.45) is 7.05 Å². The van der Waals surface area contributed by atoms with Crippen molar-refractivity contribution in [2.75, 3.05) is 13.7 Å². The van der Waals surface area contributed by atoms with Crippen LogP contribution in [-0.4, -0.2) is 34.2 Å². The summed E-state index contributed by atoms with van der Waals surface area (Å²) in [6, 6.07) is 7.85. The number of rotatable bonds is 4. The monoisotopic (exact) mass is 299 g/mol. The number of para-hydroxylation sites is 1. The highest BCUT2D eigenvalue weighted by molar-refractivity contribution is 5.80. The van der Waals surface area contributed by atoms with Crippen molar-refractivity contribution in [1.29, 1.82) is 0 Å². The number of likely N-dealkylation sites (tertiary alicyclic amines) is 1. The van der Waals surface area contributed by atoms with E-state index >= 15 is 0 Å². The molecule has 1 amide bonds. The Labute approximate surface area is 130 Å². The molecule has 2 aromatic rings. The lowest BCUT2D eigenvalue weighted by Crippen LogP contribution is -2.31. The summed E-state index contributed by atoms with van der Waals surface area (Å²) in [5.41, 5.74) is 2.06. The van der Waals surface area contributed by atoms with E-state index in [1.165, 1.54) is 0 Å². The molecule has 5 nitrogen and oxygen atoms in total. The maximum absolute atomic E-state index is 12.7. The second-order valence-electron chi connectivity index (χ2n) is 5.68. The minimum atomic E-state index is 0.149. The molecule has 22 heavy (non-hydrogen) atoms. The molecule has 5 heteroatoms. The van der Waals surface area contributed by atoms with Crippen LogP contribution in [0.4, 0.5) is 0 Å². The largest absolute Gasteiger partial charge is 0.496 e. The minimum Gasteiger partial charge on any atom is -0.496 e. The maximum Gasteiger partial charge on any atom is 0.227 e. The highest BCUT2D eigenvalue weighted by Crippen LogP contribution is 2.32. The number of nitrogens with zero attached hydrogens (tertiary/aromatic N) is 3. The fourth-order valence-electron chi connectivity index (χ4n) is 3.14. The molecule has 1 atom stereocenters. The van der Waals surface area contributed by atoms with E-state index < -0.39 is 0 Å². The van der Waals surface area contributed by atoms with Gasteiger partial charge in [0, 0.05) is 30.9 Å². The zero-order valence-electron chi connectivity index (χ0n) is 13.0.